The van der Waals surface area contributed by atoms with Crippen molar-refractivity contribution in [3.8, 4) is 5.88 Å². The second-order valence-electron chi connectivity index (χ2n) is 1.94. The van der Waals surface area contributed by atoms with Crippen LogP contribution in [0, 0.1) is 0 Å². The second-order valence-corrected chi connectivity index (χ2v) is 1.94. The van der Waals surface area contributed by atoms with Gasteiger partial charge in [-0.2, -0.15) is 0 Å². The van der Waals surface area contributed by atoms with Gasteiger partial charge in [-0.3, -0.25) is 0 Å². The summed E-state index contributed by atoms with van der Waals surface area (Å²) in [6, 6.07) is 1.73. The van der Waals surface area contributed by atoms with Gasteiger partial charge in [0.2, 0.25) is 5.88 Å². The molecule has 10 heavy (non-hydrogen) atoms. The van der Waals surface area contributed by atoms with Crippen LogP contribution in [0.2, 0.25) is 0 Å². The highest BCUT2D eigenvalue weighted by molar-refractivity contribution is 5.79. The fraction of sp³-hybridized carbons (Fsp3) is 0. The number of nitrogens with zero attached hydrogens (tertiary/aromatic N) is 2. The zero-order valence-corrected chi connectivity index (χ0v) is 5.07. The summed E-state index contributed by atoms with van der Waals surface area (Å²) in [5, 5.41) is 9.74. The Balaban J connectivity index is 2.95. The number of fused-ring (bicyclic) bond motifs is 1. The SMILES string of the molecule is Oc1ncnc2[nH]ccc12. The fourth-order valence-corrected chi connectivity index (χ4v) is 0.859. The third kappa shape index (κ3) is 0.556. The van der Waals surface area contributed by atoms with Gasteiger partial charge in [0.15, 0.2) is 0 Å². The van der Waals surface area contributed by atoms with Gasteiger partial charge in [0.05, 0.1) is 5.39 Å². The van der Waals surface area contributed by atoms with Gasteiger partial charge in [-0.1, -0.05) is 0 Å². The monoisotopic (exact) mass is 135 g/mol. The highest BCUT2D eigenvalue weighted by Crippen LogP contribution is 2.16. The minimum atomic E-state index is 0.0197. The Hall–Kier alpha value is -1.58. The molecule has 2 rings (SSSR count). The van der Waals surface area contributed by atoms with Crippen LogP contribution in [0.4, 0.5) is 0 Å². The third-order valence-corrected chi connectivity index (χ3v) is 1.33. The minimum absolute atomic E-state index is 0.0197. The minimum Gasteiger partial charge on any atom is -0.493 e. The van der Waals surface area contributed by atoms with E-state index < -0.39 is 0 Å². The largest absolute Gasteiger partial charge is 0.493 e. The number of hydrogen-bond donors (Lipinski definition) is 2. The van der Waals surface area contributed by atoms with Crippen LogP contribution in [0.15, 0.2) is 18.6 Å². The highest BCUT2D eigenvalue weighted by atomic mass is 16.3. The van der Waals surface area contributed by atoms with Gasteiger partial charge in [-0.25, -0.2) is 9.97 Å². The van der Waals surface area contributed by atoms with Crippen LogP contribution in [0.5, 0.6) is 5.88 Å². The van der Waals surface area contributed by atoms with Gasteiger partial charge in [-0.15, -0.1) is 0 Å². The maximum atomic E-state index is 9.09. The van der Waals surface area contributed by atoms with Gasteiger partial charge < -0.3 is 10.1 Å². The lowest BCUT2D eigenvalue weighted by molar-refractivity contribution is 0.459. The van der Waals surface area contributed by atoms with Gasteiger partial charge in [-0.05, 0) is 6.07 Å². The van der Waals surface area contributed by atoms with E-state index in [4.69, 9.17) is 5.11 Å². The summed E-state index contributed by atoms with van der Waals surface area (Å²) >= 11 is 0. The summed E-state index contributed by atoms with van der Waals surface area (Å²) in [7, 11) is 0. The number of aromatic amines is 1. The molecule has 0 bridgehead atoms. The Morgan fingerprint density at radius 2 is 2.30 bits per heavy atom. The summed E-state index contributed by atoms with van der Waals surface area (Å²) in [6.07, 6.45) is 3.02. The van der Waals surface area contributed by atoms with Gasteiger partial charge in [0.25, 0.3) is 0 Å². The molecule has 4 heteroatoms. The van der Waals surface area contributed by atoms with Crippen LogP contribution in [-0.4, -0.2) is 20.1 Å². The number of aromatic hydroxyl groups is 1. The molecule has 2 aromatic rings. The molecule has 4 nitrogen and oxygen atoms in total. The molecule has 0 radical (unpaired) electrons. The highest BCUT2D eigenvalue weighted by Gasteiger charge is 1.99. The number of aromatic nitrogens is 3. The Morgan fingerprint density at radius 3 is 3.10 bits per heavy atom. The lowest BCUT2D eigenvalue weighted by Crippen LogP contribution is -1.78. The maximum absolute atomic E-state index is 9.09. The second kappa shape index (κ2) is 1.70. The van der Waals surface area contributed by atoms with E-state index in [0.717, 1.165) is 0 Å². The lowest BCUT2D eigenvalue weighted by atomic mass is 10.4. The Bertz CT molecular complexity index is 355. The first-order valence-electron chi connectivity index (χ1n) is 2.85. The van der Waals surface area contributed by atoms with E-state index in [2.05, 4.69) is 15.0 Å². The lowest BCUT2D eigenvalue weighted by Gasteiger charge is -1.89. The van der Waals surface area contributed by atoms with Crippen LogP contribution >= 0.6 is 0 Å². The predicted molar refractivity (Wildman–Crippen MR) is 35.6 cm³/mol. The van der Waals surface area contributed by atoms with Crippen molar-refractivity contribution in [2.75, 3.05) is 0 Å². The summed E-state index contributed by atoms with van der Waals surface area (Å²) in [5.74, 6) is 0.0197. The first-order valence-corrected chi connectivity index (χ1v) is 2.85. The van der Waals surface area contributed by atoms with E-state index in [1.54, 1.807) is 12.3 Å². The third-order valence-electron chi connectivity index (χ3n) is 1.33. The molecule has 0 aliphatic heterocycles. The van der Waals surface area contributed by atoms with Gasteiger partial charge >= 0.3 is 0 Å². The molecule has 0 saturated carbocycles. The molecule has 0 aliphatic carbocycles. The Kier molecular flexibility index (Phi) is 0.887. The average Bonchev–Trinajstić information content (AvgIpc) is 2.36. The number of nitrogens with one attached hydrogen (secondary N) is 1. The number of H-pyrrole nitrogens is 1. The van der Waals surface area contributed by atoms with Crippen LogP contribution < -0.4 is 0 Å². The van der Waals surface area contributed by atoms with Crippen molar-refractivity contribution < 1.29 is 5.11 Å². The van der Waals surface area contributed by atoms with Crippen molar-refractivity contribution in [2.45, 2.75) is 0 Å². The molecule has 0 saturated heterocycles. The molecule has 0 fully saturated rings. The zero-order valence-electron chi connectivity index (χ0n) is 5.07. The molecular weight excluding hydrogens is 130 g/mol. The van der Waals surface area contributed by atoms with Crippen molar-refractivity contribution in [1.29, 1.82) is 0 Å². The molecule has 2 N–H and O–H groups in total. The van der Waals surface area contributed by atoms with Crippen molar-refractivity contribution >= 4 is 11.0 Å². The molecule has 0 aromatic carbocycles. The quantitative estimate of drug-likeness (QED) is 0.557. The molecule has 0 spiro atoms. The molecule has 0 unspecified atom stereocenters. The first kappa shape index (κ1) is 5.22. The standard InChI is InChI=1S/C6H5N3O/c10-6-4-1-2-7-5(4)8-3-9-6/h1-3H,(H2,7,8,9,10). The van der Waals surface area contributed by atoms with Crippen LogP contribution in [0.3, 0.4) is 0 Å². The molecule has 0 aliphatic rings. The van der Waals surface area contributed by atoms with Crippen molar-refractivity contribution in [2.24, 2.45) is 0 Å². The predicted octanol–water partition coefficient (Wildman–Crippen LogP) is 0.663. The van der Waals surface area contributed by atoms with Crippen molar-refractivity contribution in [3.05, 3.63) is 18.6 Å². The molecule has 0 atom stereocenters. The molecule has 2 heterocycles. The molecule has 0 amide bonds. The van der Waals surface area contributed by atoms with Crippen molar-refractivity contribution in [3.63, 3.8) is 0 Å². The van der Waals surface area contributed by atoms with E-state index in [0.29, 0.717) is 11.0 Å². The van der Waals surface area contributed by atoms with E-state index in [1.165, 1.54) is 6.33 Å². The first-order chi connectivity index (χ1) is 4.88. The van der Waals surface area contributed by atoms with Gasteiger partial charge in [0, 0.05) is 6.20 Å². The summed E-state index contributed by atoms with van der Waals surface area (Å²) in [6.45, 7) is 0. The number of hydrogen-bond acceptors (Lipinski definition) is 3. The van der Waals surface area contributed by atoms with E-state index in [1.807, 2.05) is 0 Å². The normalized spacial score (nSPS) is 10.4. The smallest absolute Gasteiger partial charge is 0.223 e. The Labute approximate surface area is 56.6 Å². The number of rotatable bonds is 0. The van der Waals surface area contributed by atoms with E-state index in [9.17, 15) is 0 Å². The van der Waals surface area contributed by atoms with Crippen molar-refractivity contribution in [1.82, 2.24) is 15.0 Å². The van der Waals surface area contributed by atoms with Crippen LogP contribution in [0.25, 0.3) is 11.0 Å². The average molecular weight is 135 g/mol. The van der Waals surface area contributed by atoms with E-state index >= 15 is 0 Å². The molecular formula is C6H5N3O. The fourth-order valence-electron chi connectivity index (χ4n) is 0.859. The summed E-state index contributed by atoms with van der Waals surface area (Å²) < 4.78 is 0. The molecule has 50 valence electrons. The maximum Gasteiger partial charge on any atom is 0.223 e. The topological polar surface area (TPSA) is 61.8 Å². The molecule has 2 aromatic heterocycles. The van der Waals surface area contributed by atoms with Crippen LogP contribution in [-0.2, 0) is 0 Å². The summed E-state index contributed by atoms with van der Waals surface area (Å²) in [4.78, 5) is 10.3. The van der Waals surface area contributed by atoms with Gasteiger partial charge in [0.1, 0.15) is 12.0 Å². The van der Waals surface area contributed by atoms with Crippen LogP contribution in [0.1, 0.15) is 0 Å². The van der Waals surface area contributed by atoms with E-state index in [-0.39, 0.29) is 5.88 Å². The zero-order chi connectivity index (χ0) is 6.97. The summed E-state index contributed by atoms with van der Waals surface area (Å²) in [5.41, 5.74) is 0.660. The Morgan fingerprint density at radius 1 is 1.40 bits per heavy atom.